The van der Waals surface area contributed by atoms with Gasteiger partial charge in [0.2, 0.25) is 0 Å². The number of aromatic carboxylic acids is 1. The number of hydrogen-bond acceptors (Lipinski definition) is 2. The molecule has 1 aliphatic rings. The van der Waals surface area contributed by atoms with E-state index in [1.165, 1.54) is 0 Å². The first-order valence-corrected chi connectivity index (χ1v) is 4.70. The molecule has 3 heteroatoms. The zero-order valence-corrected chi connectivity index (χ0v) is 7.73. The van der Waals surface area contributed by atoms with E-state index < -0.39 is 5.97 Å². The minimum Gasteiger partial charge on any atom is -0.478 e. The third-order valence-corrected chi connectivity index (χ3v) is 2.66. The highest BCUT2D eigenvalue weighted by atomic mass is 16.4. The van der Waals surface area contributed by atoms with Crippen LogP contribution in [0.2, 0.25) is 0 Å². The average molecular weight is 192 g/mol. The number of carboxylic acid groups (broad SMARTS) is 1. The van der Waals surface area contributed by atoms with E-state index in [1.54, 1.807) is 18.2 Å². The van der Waals surface area contributed by atoms with Gasteiger partial charge in [0.05, 0.1) is 11.7 Å². The third-order valence-electron chi connectivity index (χ3n) is 2.66. The Balaban J connectivity index is 2.36. The number of hydrogen-bond donors (Lipinski definition) is 2. The number of carboxylic acids is 1. The molecule has 0 aliphatic heterocycles. The van der Waals surface area contributed by atoms with E-state index in [9.17, 15) is 9.90 Å². The maximum absolute atomic E-state index is 10.7. The fourth-order valence-electron chi connectivity index (χ4n) is 1.87. The Morgan fingerprint density at radius 2 is 2.14 bits per heavy atom. The summed E-state index contributed by atoms with van der Waals surface area (Å²) in [6.45, 7) is 0. The summed E-state index contributed by atoms with van der Waals surface area (Å²) in [6.07, 6.45) is 1.89. The highest BCUT2D eigenvalue weighted by Crippen LogP contribution is 2.22. The minimum absolute atomic E-state index is 0.266. The van der Waals surface area contributed by atoms with Gasteiger partial charge in [0.1, 0.15) is 0 Å². The van der Waals surface area contributed by atoms with Crippen LogP contribution in [0.25, 0.3) is 0 Å². The highest BCUT2D eigenvalue weighted by Gasteiger charge is 2.17. The molecule has 1 aliphatic carbocycles. The Morgan fingerprint density at radius 1 is 1.36 bits per heavy atom. The summed E-state index contributed by atoms with van der Waals surface area (Å²) in [5.41, 5.74) is 2.48. The Hall–Kier alpha value is -1.35. The highest BCUT2D eigenvalue weighted by molar-refractivity contribution is 5.87. The molecular weight excluding hydrogens is 180 g/mol. The van der Waals surface area contributed by atoms with Gasteiger partial charge in [0.15, 0.2) is 0 Å². The van der Waals surface area contributed by atoms with Crippen molar-refractivity contribution >= 4 is 5.97 Å². The van der Waals surface area contributed by atoms with Gasteiger partial charge in [-0.2, -0.15) is 0 Å². The predicted molar refractivity (Wildman–Crippen MR) is 51.4 cm³/mol. The summed E-state index contributed by atoms with van der Waals surface area (Å²) in [7, 11) is 0. The summed E-state index contributed by atoms with van der Waals surface area (Å²) in [5, 5.41) is 18.2. The van der Waals surface area contributed by atoms with E-state index in [2.05, 4.69) is 0 Å². The monoisotopic (exact) mass is 192 g/mol. The number of fused-ring (bicyclic) bond motifs is 1. The molecule has 1 unspecified atom stereocenters. The van der Waals surface area contributed by atoms with Crippen LogP contribution in [0.3, 0.4) is 0 Å². The van der Waals surface area contributed by atoms with Gasteiger partial charge in [-0.15, -0.1) is 0 Å². The Kier molecular flexibility index (Phi) is 2.25. The first kappa shape index (κ1) is 9.21. The molecule has 2 N–H and O–H groups in total. The maximum Gasteiger partial charge on any atom is 0.335 e. The van der Waals surface area contributed by atoms with Crippen molar-refractivity contribution in [2.75, 3.05) is 0 Å². The second-order valence-corrected chi connectivity index (χ2v) is 3.69. The Bertz CT molecular complexity index is 371. The zero-order chi connectivity index (χ0) is 10.1. The molecule has 3 nitrogen and oxygen atoms in total. The van der Waals surface area contributed by atoms with Gasteiger partial charge in [-0.3, -0.25) is 0 Å². The summed E-state index contributed by atoms with van der Waals surface area (Å²) in [4.78, 5) is 10.7. The molecular formula is C11H12O3. The third kappa shape index (κ3) is 1.63. The van der Waals surface area contributed by atoms with Crippen LogP contribution in [-0.4, -0.2) is 22.3 Å². The van der Waals surface area contributed by atoms with Gasteiger partial charge < -0.3 is 10.2 Å². The molecule has 1 aromatic carbocycles. The fourth-order valence-corrected chi connectivity index (χ4v) is 1.87. The van der Waals surface area contributed by atoms with Crippen molar-refractivity contribution in [3.05, 3.63) is 34.9 Å². The lowest BCUT2D eigenvalue weighted by molar-refractivity contribution is 0.0696. The molecule has 0 heterocycles. The van der Waals surface area contributed by atoms with E-state index >= 15 is 0 Å². The van der Waals surface area contributed by atoms with Gasteiger partial charge in [-0.1, -0.05) is 6.07 Å². The van der Waals surface area contributed by atoms with Crippen LogP contribution in [0.15, 0.2) is 18.2 Å². The van der Waals surface area contributed by atoms with Crippen molar-refractivity contribution in [3.63, 3.8) is 0 Å². The molecule has 0 bridgehead atoms. The molecule has 0 amide bonds. The summed E-state index contributed by atoms with van der Waals surface area (Å²) in [6, 6.07) is 5.11. The standard InChI is InChI=1S/C11H12O3/c12-10-4-3-7-5-9(11(13)14)2-1-8(7)6-10/h1-2,5,10,12H,3-4,6H2,(H,13,14). The maximum atomic E-state index is 10.7. The van der Waals surface area contributed by atoms with E-state index in [-0.39, 0.29) is 6.10 Å². The molecule has 0 radical (unpaired) electrons. The molecule has 0 saturated heterocycles. The van der Waals surface area contributed by atoms with Crippen LogP contribution < -0.4 is 0 Å². The van der Waals surface area contributed by atoms with Gasteiger partial charge in [0, 0.05) is 0 Å². The topological polar surface area (TPSA) is 57.5 Å². The molecule has 2 rings (SSSR count). The van der Waals surface area contributed by atoms with E-state index in [0.29, 0.717) is 12.0 Å². The second kappa shape index (κ2) is 3.42. The largest absolute Gasteiger partial charge is 0.478 e. The van der Waals surface area contributed by atoms with Crippen LogP contribution >= 0.6 is 0 Å². The lowest BCUT2D eigenvalue weighted by Gasteiger charge is -2.20. The van der Waals surface area contributed by atoms with Crippen molar-refractivity contribution in [2.24, 2.45) is 0 Å². The van der Waals surface area contributed by atoms with Crippen LogP contribution in [0.1, 0.15) is 27.9 Å². The molecule has 1 atom stereocenters. The van der Waals surface area contributed by atoms with Gasteiger partial charge >= 0.3 is 5.97 Å². The molecule has 0 aromatic heterocycles. The van der Waals surface area contributed by atoms with Crippen molar-refractivity contribution in [1.82, 2.24) is 0 Å². The van der Waals surface area contributed by atoms with Crippen LogP contribution in [0, 0.1) is 0 Å². The number of aryl methyl sites for hydroxylation is 1. The van der Waals surface area contributed by atoms with Gasteiger partial charge in [-0.05, 0) is 42.5 Å². The molecule has 74 valence electrons. The van der Waals surface area contributed by atoms with Crippen molar-refractivity contribution in [1.29, 1.82) is 0 Å². The second-order valence-electron chi connectivity index (χ2n) is 3.69. The van der Waals surface area contributed by atoms with E-state index in [0.717, 1.165) is 24.0 Å². The minimum atomic E-state index is -0.890. The lowest BCUT2D eigenvalue weighted by atomic mass is 9.89. The van der Waals surface area contributed by atoms with E-state index in [1.807, 2.05) is 0 Å². The number of benzene rings is 1. The first-order chi connectivity index (χ1) is 6.66. The number of aliphatic hydroxyl groups excluding tert-OH is 1. The first-order valence-electron chi connectivity index (χ1n) is 4.70. The number of aliphatic hydroxyl groups is 1. The van der Waals surface area contributed by atoms with Crippen LogP contribution in [0.5, 0.6) is 0 Å². The van der Waals surface area contributed by atoms with Crippen molar-refractivity contribution < 1.29 is 15.0 Å². The zero-order valence-electron chi connectivity index (χ0n) is 7.73. The quantitative estimate of drug-likeness (QED) is 0.703. The Labute approximate surface area is 82.0 Å². The van der Waals surface area contributed by atoms with Crippen molar-refractivity contribution in [2.45, 2.75) is 25.4 Å². The number of carbonyl (C=O) groups is 1. The average Bonchev–Trinajstić information content (AvgIpc) is 2.16. The molecule has 0 saturated carbocycles. The van der Waals surface area contributed by atoms with E-state index in [4.69, 9.17) is 5.11 Å². The van der Waals surface area contributed by atoms with Crippen molar-refractivity contribution in [3.8, 4) is 0 Å². The summed E-state index contributed by atoms with van der Waals surface area (Å²) in [5.74, 6) is -0.890. The smallest absolute Gasteiger partial charge is 0.335 e. The molecule has 0 fully saturated rings. The van der Waals surface area contributed by atoms with Crippen LogP contribution in [0.4, 0.5) is 0 Å². The predicted octanol–water partition coefficient (Wildman–Crippen LogP) is 1.23. The van der Waals surface area contributed by atoms with Gasteiger partial charge in [0.25, 0.3) is 0 Å². The lowest BCUT2D eigenvalue weighted by Crippen LogP contribution is -2.18. The fraction of sp³-hybridized carbons (Fsp3) is 0.364. The number of rotatable bonds is 1. The molecule has 14 heavy (non-hydrogen) atoms. The summed E-state index contributed by atoms with van der Waals surface area (Å²) < 4.78 is 0. The molecule has 1 aromatic rings. The Morgan fingerprint density at radius 3 is 2.86 bits per heavy atom. The summed E-state index contributed by atoms with van der Waals surface area (Å²) >= 11 is 0. The SMILES string of the molecule is O=C(O)c1ccc2c(c1)CCC(O)C2. The van der Waals surface area contributed by atoms with Gasteiger partial charge in [-0.25, -0.2) is 4.79 Å². The molecule has 0 spiro atoms. The van der Waals surface area contributed by atoms with Crippen LogP contribution in [-0.2, 0) is 12.8 Å². The normalized spacial score (nSPS) is 20.2.